The highest BCUT2D eigenvalue weighted by Crippen LogP contribution is 2.30. The van der Waals surface area contributed by atoms with E-state index in [-0.39, 0.29) is 0 Å². The highest BCUT2D eigenvalue weighted by Gasteiger charge is 2.38. The van der Waals surface area contributed by atoms with E-state index >= 15 is 0 Å². The molecule has 0 bridgehead atoms. The predicted molar refractivity (Wildman–Crippen MR) is 78.2 cm³/mol. The SMILES string of the molecule is Cc1cc(-c2noc(C3(N)CCOC3)n2)cc(C)c1Br. The lowest BCUT2D eigenvalue weighted by atomic mass is 10.0. The molecule has 1 aromatic carbocycles. The van der Waals surface area contributed by atoms with E-state index in [4.69, 9.17) is 15.0 Å². The van der Waals surface area contributed by atoms with Gasteiger partial charge in [-0.15, -0.1) is 0 Å². The number of hydrogen-bond donors (Lipinski definition) is 1. The van der Waals surface area contributed by atoms with E-state index < -0.39 is 5.54 Å². The van der Waals surface area contributed by atoms with Gasteiger partial charge in [0, 0.05) is 16.6 Å². The summed E-state index contributed by atoms with van der Waals surface area (Å²) < 4.78 is 11.8. The smallest absolute Gasteiger partial charge is 0.249 e. The van der Waals surface area contributed by atoms with Gasteiger partial charge in [0.1, 0.15) is 5.54 Å². The van der Waals surface area contributed by atoms with Crippen LogP contribution >= 0.6 is 15.9 Å². The lowest BCUT2D eigenvalue weighted by molar-refractivity contribution is 0.166. The molecule has 5 nitrogen and oxygen atoms in total. The molecule has 0 amide bonds. The first-order chi connectivity index (χ1) is 9.49. The summed E-state index contributed by atoms with van der Waals surface area (Å²) in [5.74, 6) is 1.01. The minimum atomic E-state index is -0.648. The van der Waals surface area contributed by atoms with Crippen LogP contribution in [0.3, 0.4) is 0 Å². The molecule has 1 aromatic heterocycles. The molecule has 0 spiro atoms. The van der Waals surface area contributed by atoms with Crippen LogP contribution in [0.1, 0.15) is 23.4 Å². The number of halogens is 1. The van der Waals surface area contributed by atoms with Crippen LogP contribution < -0.4 is 5.73 Å². The number of benzene rings is 1. The maximum absolute atomic E-state index is 6.23. The number of nitrogens with two attached hydrogens (primary N) is 1. The molecular formula is C14H16BrN3O2. The van der Waals surface area contributed by atoms with Crippen molar-refractivity contribution in [3.05, 3.63) is 33.6 Å². The first-order valence-corrected chi connectivity index (χ1v) is 7.27. The van der Waals surface area contributed by atoms with Crippen molar-refractivity contribution < 1.29 is 9.26 Å². The van der Waals surface area contributed by atoms with Crippen LogP contribution in [0.5, 0.6) is 0 Å². The molecule has 20 heavy (non-hydrogen) atoms. The van der Waals surface area contributed by atoms with Gasteiger partial charge < -0.3 is 15.0 Å². The Balaban J connectivity index is 1.98. The molecule has 1 aliphatic heterocycles. The van der Waals surface area contributed by atoms with Gasteiger partial charge in [-0.1, -0.05) is 21.1 Å². The molecule has 1 fully saturated rings. The average molecular weight is 338 g/mol. The molecular weight excluding hydrogens is 322 g/mol. The Kier molecular flexibility index (Phi) is 3.40. The van der Waals surface area contributed by atoms with Crippen molar-refractivity contribution in [3.63, 3.8) is 0 Å². The van der Waals surface area contributed by atoms with Crippen molar-refractivity contribution >= 4 is 15.9 Å². The summed E-state index contributed by atoms with van der Waals surface area (Å²) in [5.41, 5.74) is 8.78. The second-order valence-electron chi connectivity index (χ2n) is 5.31. The van der Waals surface area contributed by atoms with E-state index in [9.17, 15) is 0 Å². The van der Waals surface area contributed by atoms with Crippen LogP contribution in [-0.2, 0) is 10.3 Å². The Morgan fingerprint density at radius 1 is 1.30 bits per heavy atom. The summed E-state index contributed by atoms with van der Waals surface area (Å²) in [6, 6.07) is 4.06. The minimum absolute atomic E-state index is 0.424. The largest absolute Gasteiger partial charge is 0.379 e. The molecule has 3 rings (SSSR count). The topological polar surface area (TPSA) is 74.2 Å². The second-order valence-corrected chi connectivity index (χ2v) is 6.10. The van der Waals surface area contributed by atoms with Gasteiger partial charge >= 0.3 is 0 Å². The predicted octanol–water partition coefficient (Wildman–Crippen LogP) is 2.69. The Hall–Kier alpha value is -1.24. The van der Waals surface area contributed by atoms with E-state index in [1.54, 1.807) is 0 Å². The first-order valence-electron chi connectivity index (χ1n) is 6.47. The number of ether oxygens (including phenoxy) is 1. The highest BCUT2D eigenvalue weighted by atomic mass is 79.9. The molecule has 2 aromatic rings. The second kappa shape index (κ2) is 4.95. The van der Waals surface area contributed by atoms with Crippen LogP contribution in [0.15, 0.2) is 21.1 Å². The summed E-state index contributed by atoms with van der Waals surface area (Å²) in [6.45, 7) is 5.13. The van der Waals surface area contributed by atoms with Gasteiger partial charge in [0.05, 0.1) is 6.61 Å². The lowest BCUT2D eigenvalue weighted by Gasteiger charge is -2.15. The molecule has 0 aliphatic carbocycles. The number of rotatable bonds is 2. The zero-order valence-electron chi connectivity index (χ0n) is 11.4. The Labute approximate surface area is 125 Å². The molecule has 2 N–H and O–H groups in total. The molecule has 2 heterocycles. The third kappa shape index (κ3) is 2.28. The zero-order chi connectivity index (χ0) is 14.3. The Morgan fingerprint density at radius 2 is 2.00 bits per heavy atom. The molecule has 6 heteroatoms. The van der Waals surface area contributed by atoms with Crippen LogP contribution in [0.25, 0.3) is 11.4 Å². The van der Waals surface area contributed by atoms with E-state index in [1.165, 1.54) is 0 Å². The number of nitrogens with zero attached hydrogens (tertiary/aromatic N) is 2. The van der Waals surface area contributed by atoms with Gasteiger partial charge in [-0.3, -0.25) is 0 Å². The van der Waals surface area contributed by atoms with E-state index in [1.807, 2.05) is 26.0 Å². The van der Waals surface area contributed by atoms with Crippen molar-refractivity contribution in [1.29, 1.82) is 0 Å². The highest BCUT2D eigenvalue weighted by molar-refractivity contribution is 9.10. The van der Waals surface area contributed by atoms with Crippen LogP contribution in [-0.4, -0.2) is 23.4 Å². The molecule has 1 aliphatic rings. The maximum atomic E-state index is 6.23. The average Bonchev–Trinajstić information content (AvgIpc) is 3.05. The van der Waals surface area contributed by atoms with E-state index in [0.29, 0.717) is 31.3 Å². The van der Waals surface area contributed by atoms with Gasteiger partial charge in [0.2, 0.25) is 11.7 Å². The van der Waals surface area contributed by atoms with Gasteiger partial charge in [0.15, 0.2) is 0 Å². The Morgan fingerprint density at radius 3 is 2.60 bits per heavy atom. The summed E-state index contributed by atoms with van der Waals surface area (Å²) in [6.07, 6.45) is 0.701. The number of aromatic nitrogens is 2. The third-order valence-corrected chi connectivity index (χ3v) is 4.85. The Bertz CT molecular complexity index is 625. The normalized spacial score (nSPS) is 22.4. The summed E-state index contributed by atoms with van der Waals surface area (Å²) in [7, 11) is 0. The molecule has 0 radical (unpaired) electrons. The van der Waals surface area contributed by atoms with Crippen molar-refractivity contribution in [2.45, 2.75) is 25.8 Å². The molecule has 106 valence electrons. The quantitative estimate of drug-likeness (QED) is 0.911. The zero-order valence-corrected chi connectivity index (χ0v) is 13.0. The molecule has 1 atom stereocenters. The number of hydrogen-bond acceptors (Lipinski definition) is 5. The molecule has 1 unspecified atom stereocenters. The van der Waals surface area contributed by atoms with Gasteiger partial charge in [-0.25, -0.2) is 0 Å². The van der Waals surface area contributed by atoms with E-state index in [2.05, 4.69) is 26.1 Å². The first kappa shape index (κ1) is 13.7. The minimum Gasteiger partial charge on any atom is -0.379 e. The van der Waals surface area contributed by atoms with Gasteiger partial charge in [0.25, 0.3) is 0 Å². The van der Waals surface area contributed by atoms with Crippen LogP contribution in [0, 0.1) is 13.8 Å². The van der Waals surface area contributed by atoms with Crippen LogP contribution in [0.2, 0.25) is 0 Å². The summed E-state index contributed by atoms with van der Waals surface area (Å²) in [4.78, 5) is 4.45. The van der Waals surface area contributed by atoms with Gasteiger partial charge in [-0.05, 0) is 43.5 Å². The fourth-order valence-corrected chi connectivity index (χ4v) is 2.60. The fourth-order valence-electron chi connectivity index (χ4n) is 2.37. The van der Waals surface area contributed by atoms with Crippen molar-refractivity contribution in [2.75, 3.05) is 13.2 Å². The molecule has 0 saturated carbocycles. The standard InChI is InChI=1S/C14H16BrN3O2/c1-8-5-10(6-9(2)11(8)15)12-17-13(20-18-12)14(16)3-4-19-7-14/h5-6H,3-4,7,16H2,1-2H3. The van der Waals surface area contributed by atoms with Crippen molar-refractivity contribution in [2.24, 2.45) is 5.73 Å². The molecule has 1 saturated heterocycles. The lowest BCUT2D eigenvalue weighted by Crippen LogP contribution is -2.37. The van der Waals surface area contributed by atoms with E-state index in [0.717, 1.165) is 21.2 Å². The third-order valence-electron chi connectivity index (χ3n) is 3.60. The summed E-state index contributed by atoms with van der Waals surface area (Å²) >= 11 is 3.55. The van der Waals surface area contributed by atoms with Crippen molar-refractivity contribution in [3.8, 4) is 11.4 Å². The number of aryl methyl sites for hydroxylation is 2. The summed E-state index contributed by atoms with van der Waals surface area (Å²) in [5, 5.41) is 4.05. The van der Waals surface area contributed by atoms with Crippen LogP contribution in [0.4, 0.5) is 0 Å². The monoisotopic (exact) mass is 337 g/mol. The fraction of sp³-hybridized carbons (Fsp3) is 0.429. The maximum Gasteiger partial charge on any atom is 0.249 e. The van der Waals surface area contributed by atoms with Gasteiger partial charge in [-0.2, -0.15) is 4.98 Å². The van der Waals surface area contributed by atoms with Crippen molar-refractivity contribution in [1.82, 2.24) is 10.1 Å².